The average molecular weight is 281 g/mol. The molecule has 1 aromatic carbocycles. The highest BCUT2D eigenvalue weighted by Gasteiger charge is 2.22. The molecule has 1 unspecified atom stereocenters. The number of hydrogen-bond donors (Lipinski definition) is 1. The minimum absolute atomic E-state index is 0.285. The van der Waals surface area contributed by atoms with E-state index < -0.39 is 11.6 Å². The first-order chi connectivity index (χ1) is 9.70. The highest BCUT2D eigenvalue weighted by molar-refractivity contribution is 5.19. The van der Waals surface area contributed by atoms with Crippen LogP contribution in [0.1, 0.15) is 50.5 Å². The summed E-state index contributed by atoms with van der Waals surface area (Å²) in [6, 6.07) is 4.20. The van der Waals surface area contributed by atoms with Crippen LogP contribution in [0.5, 0.6) is 0 Å². The van der Waals surface area contributed by atoms with Gasteiger partial charge in [-0.3, -0.25) is 0 Å². The van der Waals surface area contributed by atoms with Crippen LogP contribution in [0.3, 0.4) is 0 Å². The molecule has 1 atom stereocenters. The van der Waals surface area contributed by atoms with E-state index in [9.17, 15) is 8.78 Å². The van der Waals surface area contributed by atoms with Gasteiger partial charge in [0.15, 0.2) is 0 Å². The molecule has 1 aliphatic carbocycles. The summed E-state index contributed by atoms with van der Waals surface area (Å²) in [5, 5.41) is 3.35. The zero-order valence-corrected chi connectivity index (χ0v) is 12.3. The van der Waals surface area contributed by atoms with Gasteiger partial charge in [0, 0.05) is 12.1 Å². The monoisotopic (exact) mass is 281 g/mol. The molecule has 112 valence electrons. The summed E-state index contributed by atoms with van der Waals surface area (Å²) in [7, 11) is 1.95. The van der Waals surface area contributed by atoms with Crippen LogP contribution in [0.4, 0.5) is 8.78 Å². The third-order valence-corrected chi connectivity index (χ3v) is 4.54. The fraction of sp³-hybridized carbons (Fsp3) is 0.647. The summed E-state index contributed by atoms with van der Waals surface area (Å²) in [6.07, 6.45) is 9.61. The van der Waals surface area contributed by atoms with Gasteiger partial charge >= 0.3 is 0 Å². The van der Waals surface area contributed by atoms with Gasteiger partial charge in [0.05, 0.1) is 0 Å². The molecule has 0 bridgehead atoms. The molecule has 0 radical (unpaired) electrons. The number of rotatable bonds is 4. The van der Waals surface area contributed by atoms with Crippen molar-refractivity contribution < 1.29 is 8.78 Å². The van der Waals surface area contributed by atoms with Crippen LogP contribution >= 0.6 is 0 Å². The molecule has 0 heterocycles. The number of hydrogen-bond acceptors (Lipinski definition) is 1. The van der Waals surface area contributed by atoms with Crippen LogP contribution in [0.15, 0.2) is 18.2 Å². The molecule has 1 fully saturated rings. The number of halogens is 2. The van der Waals surface area contributed by atoms with Crippen LogP contribution in [-0.4, -0.2) is 13.1 Å². The molecule has 0 aliphatic heterocycles. The topological polar surface area (TPSA) is 12.0 Å². The maximum atomic E-state index is 13.8. The zero-order chi connectivity index (χ0) is 14.4. The SMILES string of the molecule is CNC(Cc1ccc(F)cc1F)C1CCCCCCC1. The minimum Gasteiger partial charge on any atom is -0.316 e. The van der Waals surface area contributed by atoms with Crippen molar-refractivity contribution in [1.29, 1.82) is 0 Å². The van der Waals surface area contributed by atoms with E-state index in [0.717, 1.165) is 6.07 Å². The van der Waals surface area contributed by atoms with E-state index in [0.29, 0.717) is 17.9 Å². The fourth-order valence-electron chi connectivity index (χ4n) is 3.32. The molecule has 0 amide bonds. The molecule has 0 spiro atoms. The van der Waals surface area contributed by atoms with E-state index in [2.05, 4.69) is 5.32 Å². The quantitative estimate of drug-likeness (QED) is 0.859. The van der Waals surface area contributed by atoms with E-state index >= 15 is 0 Å². The summed E-state index contributed by atoms with van der Waals surface area (Å²) >= 11 is 0. The maximum Gasteiger partial charge on any atom is 0.129 e. The van der Waals surface area contributed by atoms with Gasteiger partial charge in [-0.1, -0.05) is 38.2 Å². The van der Waals surface area contributed by atoms with Crippen LogP contribution < -0.4 is 5.32 Å². The Morgan fingerprint density at radius 3 is 2.35 bits per heavy atom. The lowest BCUT2D eigenvalue weighted by Crippen LogP contribution is -2.36. The van der Waals surface area contributed by atoms with Crippen molar-refractivity contribution in [2.45, 2.75) is 57.4 Å². The van der Waals surface area contributed by atoms with Gasteiger partial charge in [0.1, 0.15) is 11.6 Å². The molecule has 0 aromatic heterocycles. The second-order valence-corrected chi connectivity index (χ2v) is 5.94. The predicted octanol–water partition coefficient (Wildman–Crippen LogP) is 4.46. The first-order valence-corrected chi connectivity index (χ1v) is 7.82. The Morgan fingerprint density at radius 2 is 1.75 bits per heavy atom. The second kappa shape index (κ2) is 7.72. The van der Waals surface area contributed by atoms with Crippen molar-refractivity contribution in [3.63, 3.8) is 0 Å². The summed E-state index contributed by atoms with van der Waals surface area (Å²) < 4.78 is 26.8. The average Bonchev–Trinajstić information content (AvgIpc) is 2.39. The molecule has 1 saturated carbocycles. The van der Waals surface area contributed by atoms with Gasteiger partial charge in [0.25, 0.3) is 0 Å². The molecular formula is C17H25F2N. The highest BCUT2D eigenvalue weighted by Crippen LogP contribution is 2.27. The molecule has 0 saturated heterocycles. The molecule has 2 rings (SSSR count). The number of nitrogens with one attached hydrogen (secondary N) is 1. The number of benzene rings is 1. The van der Waals surface area contributed by atoms with Gasteiger partial charge in [-0.2, -0.15) is 0 Å². The smallest absolute Gasteiger partial charge is 0.129 e. The molecule has 1 aliphatic rings. The second-order valence-electron chi connectivity index (χ2n) is 5.94. The molecule has 1 nitrogen and oxygen atoms in total. The summed E-state index contributed by atoms with van der Waals surface area (Å²) in [5.41, 5.74) is 0.618. The lowest BCUT2D eigenvalue weighted by atomic mass is 9.83. The fourth-order valence-corrected chi connectivity index (χ4v) is 3.32. The van der Waals surface area contributed by atoms with Gasteiger partial charge in [-0.05, 0) is 43.9 Å². The third kappa shape index (κ3) is 4.27. The Balaban J connectivity index is 2.03. The van der Waals surface area contributed by atoms with E-state index in [1.807, 2.05) is 7.05 Å². The summed E-state index contributed by atoms with van der Waals surface area (Å²) in [6.45, 7) is 0. The van der Waals surface area contributed by atoms with Crippen molar-refractivity contribution in [2.24, 2.45) is 5.92 Å². The van der Waals surface area contributed by atoms with Crippen LogP contribution in [0.25, 0.3) is 0 Å². The van der Waals surface area contributed by atoms with Crippen molar-refractivity contribution in [3.8, 4) is 0 Å². The molecule has 20 heavy (non-hydrogen) atoms. The van der Waals surface area contributed by atoms with Crippen molar-refractivity contribution >= 4 is 0 Å². The van der Waals surface area contributed by atoms with Gasteiger partial charge in [0.2, 0.25) is 0 Å². The van der Waals surface area contributed by atoms with E-state index in [1.165, 1.54) is 51.0 Å². The van der Waals surface area contributed by atoms with Gasteiger partial charge < -0.3 is 5.32 Å². The summed E-state index contributed by atoms with van der Waals surface area (Å²) in [4.78, 5) is 0. The first-order valence-electron chi connectivity index (χ1n) is 7.82. The molecular weight excluding hydrogens is 256 g/mol. The Labute approximate surface area is 120 Å². The largest absolute Gasteiger partial charge is 0.316 e. The van der Waals surface area contributed by atoms with Crippen LogP contribution in [0.2, 0.25) is 0 Å². The van der Waals surface area contributed by atoms with Gasteiger partial charge in [-0.25, -0.2) is 8.78 Å². The van der Waals surface area contributed by atoms with Crippen LogP contribution in [0, 0.1) is 17.6 Å². The van der Waals surface area contributed by atoms with Crippen molar-refractivity contribution in [2.75, 3.05) is 7.05 Å². The molecule has 1 aromatic rings. The Kier molecular flexibility index (Phi) is 5.96. The molecule has 1 N–H and O–H groups in total. The summed E-state index contributed by atoms with van der Waals surface area (Å²) in [5.74, 6) is -0.320. The van der Waals surface area contributed by atoms with E-state index in [1.54, 1.807) is 6.07 Å². The normalized spacial score (nSPS) is 19.4. The van der Waals surface area contributed by atoms with E-state index in [-0.39, 0.29) is 6.04 Å². The third-order valence-electron chi connectivity index (χ3n) is 4.54. The highest BCUT2D eigenvalue weighted by atomic mass is 19.1. The zero-order valence-electron chi connectivity index (χ0n) is 12.3. The maximum absolute atomic E-state index is 13.8. The van der Waals surface area contributed by atoms with Crippen molar-refractivity contribution in [3.05, 3.63) is 35.4 Å². The number of likely N-dealkylation sites (N-methyl/N-ethyl adjacent to an activating group) is 1. The Hall–Kier alpha value is -0.960. The van der Waals surface area contributed by atoms with Crippen molar-refractivity contribution in [1.82, 2.24) is 5.32 Å². The predicted molar refractivity (Wildman–Crippen MR) is 78.7 cm³/mol. The van der Waals surface area contributed by atoms with Gasteiger partial charge in [-0.15, -0.1) is 0 Å². The Morgan fingerprint density at radius 1 is 1.10 bits per heavy atom. The standard InChI is InChI=1S/C17H25F2N/c1-20-17(13-7-5-3-2-4-6-8-13)11-14-9-10-15(18)12-16(14)19/h9-10,12-13,17,20H,2-8,11H2,1H3. The lowest BCUT2D eigenvalue weighted by molar-refractivity contribution is 0.292. The lowest BCUT2D eigenvalue weighted by Gasteiger charge is -2.28. The minimum atomic E-state index is -0.502. The Bertz CT molecular complexity index is 411. The molecule has 3 heteroatoms. The van der Waals surface area contributed by atoms with Crippen LogP contribution in [-0.2, 0) is 6.42 Å². The first kappa shape index (κ1) is 15.4. The van der Waals surface area contributed by atoms with E-state index in [4.69, 9.17) is 0 Å².